The molecule has 110 valence electrons. The molecule has 2 atom stereocenters. The maximum atomic E-state index is 12.2. The summed E-state index contributed by atoms with van der Waals surface area (Å²) in [5.74, 6) is 2.30. The third-order valence-corrected chi connectivity index (χ3v) is 4.98. The van der Waals surface area contributed by atoms with Crippen molar-refractivity contribution in [1.29, 1.82) is 0 Å². The number of hydrogen-bond acceptors (Lipinski definition) is 2. The van der Waals surface area contributed by atoms with Gasteiger partial charge >= 0.3 is 0 Å². The molecule has 1 aromatic carbocycles. The third kappa shape index (κ3) is 2.80. The second-order valence-electron chi connectivity index (χ2n) is 6.75. The Kier molecular flexibility index (Phi) is 2.98. The predicted molar refractivity (Wildman–Crippen MR) is 80.7 cm³/mol. The van der Waals surface area contributed by atoms with Crippen molar-refractivity contribution in [2.45, 2.75) is 32.1 Å². The Bertz CT molecular complexity index is 567. The first-order valence-corrected chi connectivity index (χ1v) is 7.91. The molecule has 0 bridgehead atoms. The van der Waals surface area contributed by atoms with Crippen LogP contribution in [0.15, 0.2) is 24.3 Å². The summed E-state index contributed by atoms with van der Waals surface area (Å²) >= 11 is 0. The monoisotopic (exact) mass is 284 g/mol. The number of amides is 2. The molecule has 1 aromatic rings. The van der Waals surface area contributed by atoms with Crippen LogP contribution in [-0.2, 0) is 9.59 Å². The standard InChI is InChI=1S/C17H20N2O2/c20-16(10-1-2-10)18-14-3-5-15(6-4-14)19-17(21)13-8-11-7-12(11)9-13/h3-6,10-13H,1-2,7-9H2,(H,18,20)(H,19,21). The lowest BCUT2D eigenvalue weighted by atomic mass is 10.0. The van der Waals surface area contributed by atoms with Crippen LogP contribution in [0.3, 0.4) is 0 Å². The number of fused-ring (bicyclic) bond motifs is 1. The van der Waals surface area contributed by atoms with Crippen LogP contribution < -0.4 is 10.6 Å². The maximum Gasteiger partial charge on any atom is 0.227 e. The fraction of sp³-hybridized carbons (Fsp3) is 0.529. The number of anilines is 2. The molecule has 4 rings (SSSR count). The molecular weight excluding hydrogens is 264 g/mol. The highest BCUT2D eigenvalue weighted by Gasteiger charge is 2.47. The summed E-state index contributed by atoms with van der Waals surface area (Å²) < 4.78 is 0. The lowest BCUT2D eigenvalue weighted by Crippen LogP contribution is -2.21. The van der Waals surface area contributed by atoms with E-state index in [9.17, 15) is 9.59 Å². The molecule has 0 spiro atoms. The summed E-state index contributed by atoms with van der Waals surface area (Å²) in [4.78, 5) is 23.8. The van der Waals surface area contributed by atoms with Gasteiger partial charge in [0.2, 0.25) is 11.8 Å². The molecule has 0 aliphatic heterocycles. The van der Waals surface area contributed by atoms with Crippen molar-refractivity contribution in [1.82, 2.24) is 0 Å². The Morgan fingerprint density at radius 3 is 1.71 bits per heavy atom. The van der Waals surface area contributed by atoms with Crippen LogP contribution in [0.4, 0.5) is 11.4 Å². The molecule has 2 N–H and O–H groups in total. The molecule has 3 aliphatic carbocycles. The van der Waals surface area contributed by atoms with E-state index in [1.165, 1.54) is 6.42 Å². The number of carbonyl (C=O) groups is 2. The van der Waals surface area contributed by atoms with Crippen LogP contribution in [0.2, 0.25) is 0 Å². The van der Waals surface area contributed by atoms with Gasteiger partial charge < -0.3 is 10.6 Å². The van der Waals surface area contributed by atoms with E-state index in [0.717, 1.165) is 48.9 Å². The molecule has 4 nitrogen and oxygen atoms in total. The van der Waals surface area contributed by atoms with Crippen LogP contribution in [0.25, 0.3) is 0 Å². The molecule has 3 saturated carbocycles. The SMILES string of the molecule is O=C(Nc1ccc(NC(=O)C2CC3CC3C2)cc1)C1CC1. The quantitative estimate of drug-likeness (QED) is 0.893. The molecule has 0 saturated heterocycles. The number of rotatable bonds is 4. The summed E-state index contributed by atoms with van der Waals surface area (Å²) in [6, 6.07) is 7.41. The molecule has 0 radical (unpaired) electrons. The molecular formula is C17H20N2O2. The largest absolute Gasteiger partial charge is 0.326 e. The third-order valence-electron chi connectivity index (χ3n) is 4.98. The van der Waals surface area contributed by atoms with Crippen molar-refractivity contribution in [2.24, 2.45) is 23.7 Å². The van der Waals surface area contributed by atoms with Gasteiger partial charge in [-0.05, 0) is 68.2 Å². The molecule has 21 heavy (non-hydrogen) atoms. The van der Waals surface area contributed by atoms with E-state index < -0.39 is 0 Å². The average molecular weight is 284 g/mol. The molecule has 0 aromatic heterocycles. The van der Waals surface area contributed by atoms with Crippen LogP contribution in [0.1, 0.15) is 32.1 Å². The van der Waals surface area contributed by atoms with Crippen molar-refractivity contribution in [2.75, 3.05) is 10.6 Å². The highest BCUT2D eigenvalue weighted by molar-refractivity contribution is 5.95. The van der Waals surface area contributed by atoms with Crippen molar-refractivity contribution in [3.63, 3.8) is 0 Å². The summed E-state index contributed by atoms with van der Waals surface area (Å²) in [5, 5.41) is 5.89. The van der Waals surface area contributed by atoms with Gasteiger partial charge in [-0.1, -0.05) is 0 Å². The van der Waals surface area contributed by atoms with Gasteiger partial charge in [0.1, 0.15) is 0 Å². The molecule has 2 unspecified atom stereocenters. The first-order valence-electron chi connectivity index (χ1n) is 7.91. The number of carbonyl (C=O) groups excluding carboxylic acids is 2. The second-order valence-corrected chi connectivity index (χ2v) is 6.75. The van der Waals surface area contributed by atoms with Gasteiger partial charge in [0, 0.05) is 23.2 Å². The minimum absolute atomic E-state index is 0.108. The van der Waals surface area contributed by atoms with E-state index in [1.807, 2.05) is 24.3 Å². The predicted octanol–water partition coefficient (Wildman–Crippen LogP) is 3.02. The van der Waals surface area contributed by atoms with Gasteiger partial charge in [0.25, 0.3) is 0 Å². The second kappa shape index (κ2) is 4.86. The minimum Gasteiger partial charge on any atom is -0.326 e. The average Bonchev–Trinajstić information content (AvgIpc) is 3.40. The number of hydrogen-bond donors (Lipinski definition) is 2. The Morgan fingerprint density at radius 2 is 1.24 bits per heavy atom. The van der Waals surface area contributed by atoms with E-state index in [0.29, 0.717) is 0 Å². The van der Waals surface area contributed by atoms with Crippen molar-refractivity contribution in [3.05, 3.63) is 24.3 Å². The number of nitrogens with one attached hydrogen (secondary N) is 2. The van der Waals surface area contributed by atoms with E-state index in [4.69, 9.17) is 0 Å². The van der Waals surface area contributed by atoms with Crippen molar-refractivity contribution < 1.29 is 9.59 Å². The van der Waals surface area contributed by atoms with Gasteiger partial charge in [-0.15, -0.1) is 0 Å². The fourth-order valence-corrected chi connectivity index (χ4v) is 3.40. The Labute approximate surface area is 124 Å². The Hall–Kier alpha value is -1.84. The molecule has 0 heterocycles. The smallest absolute Gasteiger partial charge is 0.227 e. The van der Waals surface area contributed by atoms with E-state index in [-0.39, 0.29) is 23.7 Å². The zero-order valence-electron chi connectivity index (χ0n) is 12.0. The Balaban J connectivity index is 1.32. The topological polar surface area (TPSA) is 58.2 Å². The first kappa shape index (κ1) is 12.9. The van der Waals surface area contributed by atoms with Crippen LogP contribution in [-0.4, -0.2) is 11.8 Å². The summed E-state index contributed by atoms with van der Waals surface area (Å²) in [6.07, 6.45) is 5.46. The van der Waals surface area contributed by atoms with Gasteiger partial charge in [0.05, 0.1) is 0 Å². The van der Waals surface area contributed by atoms with Crippen molar-refractivity contribution in [3.8, 4) is 0 Å². The van der Waals surface area contributed by atoms with Gasteiger partial charge in [-0.25, -0.2) is 0 Å². The zero-order valence-corrected chi connectivity index (χ0v) is 12.0. The lowest BCUT2D eigenvalue weighted by molar-refractivity contribution is -0.120. The van der Waals surface area contributed by atoms with Crippen LogP contribution in [0.5, 0.6) is 0 Å². The van der Waals surface area contributed by atoms with Crippen LogP contribution in [0, 0.1) is 23.7 Å². The highest BCUT2D eigenvalue weighted by atomic mass is 16.2. The number of benzene rings is 1. The molecule has 3 aliphatic rings. The van der Waals surface area contributed by atoms with E-state index in [1.54, 1.807) is 0 Å². The zero-order chi connectivity index (χ0) is 14.4. The Morgan fingerprint density at radius 1 is 0.762 bits per heavy atom. The maximum absolute atomic E-state index is 12.2. The molecule has 4 heteroatoms. The fourth-order valence-electron chi connectivity index (χ4n) is 3.40. The van der Waals surface area contributed by atoms with Gasteiger partial charge in [-0.3, -0.25) is 9.59 Å². The summed E-state index contributed by atoms with van der Waals surface area (Å²) in [5.41, 5.74) is 1.61. The van der Waals surface area contributed by atoms with Gasteiger partial charge in [-0.2, -0.15) is 0 Å². The molecule has 3 fully saturated rings. The van der Waals surface area contributed by atoms with E-state index in [2.05, 4.69) is 10.6 Å². The summed E-state index contributed by atoms with van der Waals surface area (Å²) in [7, 11) is 0. The lowest BCUT2D eigenvalue weighted by Gasteiger charge is -2.12. The van der Waals surface area contributed by atoms with Crippen LogP contribution >= 0.6 is 0 Å². The van der Waals surface area contributed by atoms with E-state index >= 15 is 0 Å². The first-order chi connectivity index (χ1) is 10.2. The summed E-state index contributed by atoms with van der Waals surface area (Å²) in [6.45, 7) is 0. The van der Waals surface area contributed by atoms with Crippen molar-refractivity contribution >= 4 is 23.2 Å². The minimum atomic E-state index is 0.108. The molecule has 2 amide bonds. The van der Waals surface area contributed by atoms with Gasteiger partial charge in [0.15, 0.2) is 0 Å². The normalized spacial score (nSPS) is 29.6. The highest BCUT2D eigenvalue weighted by Crippen LogP contribution is 2.54.